The van der Waals surface area contributed by atoms with Gasteiger partial charge in [-0.25, -0.2) is 0 Å². The van der Waals surface area contributed by atoms with Gasteiger partial charge in [0.2, 0.25) is 0 Å². The van der Waals surface area contributed by atoms with E-state index >= 15 is 0 Å². The van der Waals surface area contributed by atoms with E-state index in [0.29, 0.717) is 22.7 Å². The number of phenols is 1. The van der Waals surface area contributed by atoms with Gasteiger partial charge in [0, 0.05) is 29.6 Å². The van der Waals surface area contributed by atoms with Gasteiger partial charge in [0.05, 0.1) is 23.4 Å². The molecule has 19 heteroatoms. The third-order valence-electron chi connectivity index (χ3n) is 7.10. The number of rotatable bonds is 9. The molecular formula is C29H25N5O11S3. The lowest BCUT2D eigenvalue weighted by Crippen LogP contribution is -2.04. The van der Waals surface area contributed by atoms with Gasteiger partial charge in [0.1, 0.15) is 26.9 Å². The molecule has 0 aliphatic carbocycles. The lowest BCUT2D eigenvalue weighted by molar-refractivity contribution is 0.416. The first-order chi connectivity index (χ1) is 22.4. The molecule has 5 N–H and O–H groups in total. The number of nitrogens with zero attached hydrogens (tertiary/aromatic N) is 4. The third kappa shape index (κ3) is 6.95. The van der Waals surface area contributed by atoms with Crippen LogP contribution in [-0.4, -0.2) is 58.2 Å². The van der Waals surface area contributed by atoms with Gasteiger partial charge in [-0.05, 0) is 77.9 Å². The molecule has 48 heavy (non-hydrogen) atoms. The third-order valence-corrected chi connectivity index (χ3v) is 9.69. The molecule has 0 amide bonds. The summed E-state index contributed by atoms with van der Waals surface area (Å²) in [4.78, 5) is -2.17. The predicted molar refractivity (Wildman–Crippen MR) is 175 cm³/mol. The molecular weight excluding hydrogens is 691 g/mol. The van der Waals surface area contributed by atoms with E-state index in [2.05, 4.69) is 25.8 Å². The number of phenolic OH excluding ortho intramolecular Hbond substituents is 1. The van der Waals surface area contributed by atoms with Gasteiger partial charge >= 0.3 is 0 Å². The highest BCUT2D eigenvalue weighted by Crippen LogP contribution is 2.43. The van der Waals surface area contributed by atoms with E-state index in [1.165, 1.54) is 37.4 Å². The zero-order valence-electron chi connectivity index (χ0n) is 25.0. The summed E-state index contributed by atoms with van der Waals surface area (Å²) in [5.41, 5.74) is 1.07. The molecule has 0 spiro atoms. The van der Waals surface area contributed by atoms with Crippen molar-refractivity contribution >= 4 is 80.3 Å². The van der Waals surface area contributed by atoms with Gasteiger partial charge < -0.3 is 15.2 Å². The number of hydrogen-bond donors (Lipinski definition) is 5. The second-order valence-electron chi connectivity index (χ2n) is 10.2. The summed E-state index contributed by atoms with van der Waals surface area (Å²) in [6, 6.07) is 14.5. The second-order valence-corrected chi connectivity index (χ2v) is 14.4. The molecule has 0 aliphatic rings. The first-order valence-electron chi connectivity index (χ1n) is 13.4. The van der Waals surface area contributed by atoms with E-state index in [9.17, 15) is 44.0 Å². The van der Waals surface area contributed by atoms with Crippen molar-refractivity contribution < 1.29 is 48.8 Å². The van der Waals surface area contributed by atoms with E-state index in [1.807, 2.05) is 0 Å². The van der Waals surface area contributed by atoms with Crippen LogP contribution in [0.5, 0.6) is 11.5 Å². The molecule has 16 nitrogen and oxygen atoms in total. The molecule has 0 aromatic heterocycles. The maximum Gasteiger partial charge on any atom is 0.296 e. The van der Waals surface area contributed by atoms with Crippen LogP contribution in [0.4, 0.5) is 28.4 Å². The van der Waals surface area contributed by atoms with Gasteiger partial charge in [-0.3, -0.25) is 13.7 Å². The molecule has 0 saturated heterocycles. The molecule has 0 radical (unpaired) electrons. The van der Waals surface area contributed by atoms with Crippen LogP contribution in [0.2, 0.25) is 0 Å². The minimum atomic E-state index is -4.92. The summed E-state index contributed by atoms with van der Waals surface area (Å²) >= 11 is 0. The number of aryl methyl sites for hydroxylation is 1. The molecule has 0 unspecified atom stereocenters. The standard InChI is InChI=1S/C29H25N5O11S3/c1-15-8-24(33-34-28-27(48(42,43)44)11-17-9-18(30-2)6-7-21(17)29(28)35)25(45-3)14-23(15)32-31-19-5-4-16-10-20(46(36,37)38)13-26(22(16)12-19)47(39,40)41/h4-14,30,35H,1-3H3,(H,36,37,38)(H,39,40,41)(H,42,43,44). The zero-order valence-corrected chi connectivity index (χ0v) is 27.5. The van der Waals surface area contributed by atoms with Gasteiger partial charge in [0.25, 0.3) is 30.4 Å². The van der Waals surface area contributed by atoms with E-state index in [0.717, 1.165) is 12.1 Å². The van der Waals surface area contributed by atoms with Gasteiger partial charge in [-0.2, -0.15) is 35.5 Å². The van der Waals surface area contributed by atoms with Gasteiger partial charge in [-0.1, -0.05) is 6.07 Å². The van der Waals surface area contributed by atoms with Crippen LogP contribution < -0.4 is 10.1 Å². The van der Waals surface area contributed by atoms with Crippen molar-refractivity contribution in [2.24, 2.45) is 20.5 Å². The smallest absolute Gasteiger partial charge is 0.296 e. The Bertz CT molecular complexity index is 2540. The average molecular weight is 716 g/mol. The number of azo groups is 2. The van der Waals surface area contributed by atoms with Crippen molar-refractivity contribution in [3.63, 3.8) is 0 Å². The van der Waals surface area contributed by atoms with E-state index in [1.54, 1.807) is 32.2 Å². The molecule has 5 aromatic rings. The fourth-order valence-electron chi connectivity index (χ4n) is 4.74. The number of benzene rings is 5. The first-order valence-corrected chi connectivity index (χ1v) is 17.7. The molecule has 0 aliphatic heterocycles. The van der Waals surface area contributed by atoms with E-state index < -0.39 is 56.5 Å². The van der Waals surface area contributed by atoms with E-state index in [4.69, 9.17) is 4.74 Å². The number of fused-ring (bicyclic) bond motifs is 2. The average Bonchev–Trinajstić information content (AvgIpc) is 3.01. The minimum Gasteiger partial charge on any atom is -0.505 e. The highest BCUT2D eigenvalue weighted by Gasteiger charge is 2.23. The van der Waals surface area contributed by atoms with Crippen molar-refractivity contribution in [3.05, 3.63) is 72.3 Å². The van der Waals surface area contributed by atoms with Crippen molar-refractivity contribution in [3.8, 4) is 11.5 Å². The predicted octanol–water partition coefficient (Wildman–Crippen LogP) is 6.63. The van der Waals surface area contributed by atoms with Crippen LogP contribution in [0.25, 0.3) is 21.5 Å². The molecule has 250 valence electrons. The lowest BCUT2D eigenvalue weighted by atomic mass is 10.1. The number of anilines is 1. The fourth-order valence-corrected chi connectivity index (χ4v) is 6.74. The number of aromatic hydroxyl groups is 1. The van der Waals surface area contributed by atoms with Crippen LogP contribution in [0.3, 0.4) is 0 Å². The topological polar surface area (TPSA) is 254 Å². The van der Waals surface area contributed by atoms with Crippen LogP contribution in [0.1, 0.15) is 5.56 Å². The highest BCUT2D eigenvalue weighted by atomic mass is 32.2. The summed E-state index contributed by atoms with van der Waals surface area (Å²) in [6.45, 7) is 1.64. The Hall–Kier alpha value is -5.05. The van der Waals surface area contributed by atoms with Crippen molar-refractivity contribution in [2.75, 3.05) is 19.5 Å². The number of hydrogen-bond acceptors (Lipinski definition) is 13. The van der Waals surface area contributed by atoms with Gasteiger partial charge in [0.15, 0.2) is 5.75 Å². The number of nitrogens with one attached hydrogen (secondary N) is 1. The Morgan fingerprint density at radius 1 is 0.667 bits per heavy atom. The summed E-state index contributed by atoms with van der Waals surface area (Å²) in [6.07, 6.45) is 0. The molecule has 0 fully saturated rings. The normalized spacial score (nSPS) is 12.8. The second kappa shape index (κ2) is 12.5. The Labute approximate surface area is 273 Å². The van der Waals surface area contributed by atoms with E-state index in [-0.39, 0.29) is 39.0 Å². The summed E-state index contributed by atoms with van der Waals surface area (Å²) in [5, 5.41) is 30.7. The van der Waals surface area contributed by atoms with Crippen LogP contribution in [-0.2, 0) is 30.4 Å². The van der Waals surface area contributed by atoms with Crippen molar-refractivity contribution in [2.45, 2.75) is 21.6 Å². The summed E-state index contributed by atoms with van der Waals surface area (Å²) in [7, 11) is -11.6. The molecule has 0 bridgehead atoms. The van der Waals surface area contributed by atoms with Gasteiger partial charge in [-0.15, -0.1) is 10.2 Å². The quantitative estimate of drug-likeness (QED) is 0.0796. The van der Waals surface area contributed by atoms with Crippen molar-refractivity contribution in [1.29, 1.82) is 0 Å². The maximum absolute atomic E-state index is 12.2. The Kier molecular flexibility index (Phi) is 8.95. The largest absolute Gasteiger partial charge is 0.505 e. The van der Waals surface area contributed by atoms with Crippen molar-refractivity contribution in [1.82, 2.24) is 0 Å². The zero-order chi connectivity index (χ0) is 35.2. The highest BCUT2D eigenvalue weighted by molar-refractivity contribution is 7.87. The Balaban J connectivity index is 1.54. The number of methoxy groups -OCH3 is 1. The molecule has 5 rings (SSSR count). The van der Waals surface area contributed by atoms with Crippen LogP contribution >= 0.6 is 0 Å². The first kappa shape index (κ1) is 34.3. The molecule has 5 aromatic carbocycles. The van der Waals surface area contributed by atoms with Crippen LogP contribution in [0.15, 0.2) is 102 Å². The molecule has 0 atom stereocenters. The summed E-state index contributed by atoms with van der Waals surface area (Å²) < 4.78 is 106. The Morgan fingerprint density at radius 3 is 1.98 bits per heavy atom. The Morgan fingerprint density at radius 2 is 1.35 bits per heavy atom. The SMILES string of the molecule is CNc1ccc2c(O)c(N=Nc3cc(C)c(N=Nc4ccc5cc(S(=O)(=O)O)cc(S(=O)(=O)O)c5c4)cc3OC)c(S(=O)(=O)O)cc2c1. The minimum absolute atomic E-state index is 0.0709. The fraction of sp³-hybridized carbons (Fsp3) is 0.103. The summed E-state index contributed by atoms with van der Waals surface area (Å²) in [5.74, 6) is -0.426. The number of ether oxygens (including phenoxy) is 1. The molecule has 0 saturated carbocycles. The van der Waals surface area contributed by atoms with Crippen LogP contribution in [0, 0.1) is 6.92 Å². The lowest BCUT2D eigenvalue weighted by Gasteiger charge is -2.11. The molecule has 0 heterocycles. The maximum atomic E-state index is 12.2. The monoisotopic (exact) mass is 715 g/mol.